The summed E-state index contributed by atoms with van der Waals surface area (Å²) in [4.78, 5) is 16.2. The number of aliphatic hydroxyl groups is 1. The highest BCUT2D eigenvalue weighted by molar-refractivity contribution is 7.18. The second-order valence-corrected chi connectivity index (χ2v) is 7.96. The van der Waals surface area contributed by atoms with Crippen LogP contribution in [-0.4, -0.2) is 63.3 Å². The molecule has 136 valence electrons. The number of morpholine rings is 1. The molecule has 9 heteroatoms. The topological polar surface area (TPSA) is 83.4 Å². The third kappa shape index (κ3) is 3.88. The van der Waals surface area contributed by atoms with Gasteiger partial charge in [-0.2, -0.15) is 4.98 Å². The number of anilines is 1. The van der Waals surface area contributed by atoms with Crippen molar-refractivity contribution in [2.45, 2.75) is 44.4 Å². The normalized spacial score (nSPS) is 25.4. The van der Waals surface area contributed by atoms with Crippen LogP contribution in [0.15, 0.2) is 0 Å². The van der Waals surface area contributed by atoms with Crippen LogP contribution in [-0.2, 0) is 11.3 Å². The fraction of sp³-hybridized carbons (Fsp3) is 0.688. The van der Waals surface area contributed by atoms with Crippen molar-refractivity contribution in [3.05, 3.63) is 10.3 Å². The molecule has 3 heterocycles. The van der Waals surface area contributed by atoms with Crippen molar-refractivity contribution < 1.29 is 9.84 Å². The quantitative estimate of drug-likeness (QED) is 0.783. The molecule has 2 aliphatic rings. The van der Waals surface area contributed by atoms with E-state index in [1.54, 1.807) is 0 Å². The highest BCUT2D eigenvalue weighted by Gasteiger charge is 2.27. The summed E-state index contributed by atoms with van der Waals surface area (Å²) in [5.74, 6) is 0.681. The second-order valence-electron chi connectivity index (χ2n) is 6.56. The number of aromatic nitrogens is 3. The van der Waals surface area contributed by atoms with Crippen molar-refractivity contribution in [2.24, 2.45) is 0 Å². The van der Waals surface area contributed by atoms with Crippen molar-refractivity contribution in [3.63, 3.8) is 0 Å². The van der Waals surface area contributed by atoms with E-state index in [0.29, 0.717) is 33.3 Å². The van der Waals surface area contributed by atoms with Crippen LogP contribution in [0.4, 0.5) is 5.82 Å². The fourth-order valence-electron chi connectivity index (χ4n) is 3.73. The molecule has 0 radical (unpaired) electrons. The first-order chi connectivity index (χ1) is 12.2. The van der Waals surface area contributed by atoms with Crippen LogP contribution in [0.3, 0.4) is 0 Å². The number of rotatable bonds is 4. The summed E-state index contributed by atoms with van der Waals surface area (Å²) in [6.07, 6.45) is 4.56. The Morgan fingerprint density at radius 3 is 2.64 bits per heavy atom. The first-order valence-electron chi connectivity index (χ1n) is 8.75. The van der Waals surface area contributed by atoms with Gasteiger partial charge in [-0.05, 0) is 37.3 Å². The van der Waals surface area contributed by atoms with Crippen LogP contribution < -0.4 is 5.32 Å². The van der Waals surface area contributed by atoms with Gasteiger partial charge in [0, 0.05) is 25.2 Å². The van der Waals surface area contributed by atoms with E-state index in [1.165, 1.54) is 24.2 Å². The second kappa shape index (κ2) is 7.67. The van der Waals surface area contributed by atoms with E-state index < -0.39 is 0 Å². The Hall–Kier alpha value is -1.06. The summed E-state index contributed by atoms with van der Waals surface area (Å²) in [7, 11) is 0. The lowest BCUT2D eigenvalue weighted by atomic mass is 9.90. The molecule has 2 N–H and O–H groups in total. The summed E-state index contributed by atoms with van der Waals surface area (Å²) < 4.78 is 5.45. The number of thiazole rings is 1. The molecule has 0 aromatic carbocycles. The number of fused-ring (bicyclic) bond motifs is 1. The van der Waals surface area contributed by atoms with Gasteiger partial charge in [0.05, 0.1) is 19.8 Å². The fourth-order valence-corrected chi connectivity index (χ4v) is 4.74. The molecule has 0 amide bonds. The van der Waals surface area contributed by atoms with Crippen LogP contribution in [0.2, 0.25) is 5.28 Å². The molecule has 7 nitrogen and oxygen atoms in total. The van der Waals surface area contributed by atoms with E-state index in [9.17, 15) is 5.11 Å². The van der Waals surface area contributed by atoms with Crippen molar-refractivity contribution in [1.82, 2.24) is 19.9 Å². The van der Waals surface area contributed by atoms with Crippen molar-refractivity contribution in [3.8, 4) is 0 Å². The van der Waals surface area contributed by atoms with Crippen LogP contribution >= 0.6 is 22.9 Å². The number of nitrogens with one attached hydrogen (secondary N) is 1. The SMILES string of the molecule is OCc1nc2c(NC3CCC(N4CCOCC4)CC3)nc(Cl)nc2s1. The maximum atomic E-state index is 9.31. The number of hydrogen-bond acceptors (Lipinski definition) is 8. The lowest BCUT2D eigenvalue weighted by Crippen LogP contribution is -2.46. The molecule has 2 fully saturated rings. The van der Waals surface area contributed by atoms with E-state index in [0.717, 1.165) is 39.1 Å². The highest BCUT2D eigenvalue weighted by atomic mass is 35.5. The van der Waals surface area contributed by atoms with Crippen LogP contribution in [0.5, 0.6) is 0 Å². The molecule has 0 bridgehead atoms. The van der Waals surface area contributed by atoms with E-state index in [2.05, 4.69) is 25.2 Å². The molecule has 1 saturated carbocycles. The molecule has 1 aliphatic heterocycles. The summed E-state index contributed by atoms with van der Waals surface area (Å²) in [5, 5.41) is 13.7. The monoisotopic (exact) mass is 383 g/mol. The Morgan fingerprint density at radius 2 is 1.92 bits per heavy atom. The molecule has 0 unspecified atom stereocenters. The zero-order chi connectivity index (χ0) is 17.2. The zero-order valence-electron chi connectivity index (χ0n) is 13.9. The van der Waals surface area contributed by atoms with Gasteiger partial charge in [-0.3, -0.25) is 4.90 Å². The van der Waals surface area contributed by atoms with Gasteiger partial charge in [-0.15, -0.1) is 0 Å². The summed E-state index contributed by atoms with van der Waals surface area (Å²) in [6.45, 7) is 3.71. The molecular formula is C16H22ClN5O2S. The van der Waals surface area contributed by atoms with Gasteiger partial charge < -0.3 is 15.2 Å². The van der Waals surface area contributed by atoms with E-state index in [-0.39, 0.29) is 11.9 Å². The minimum absolute atomic E-state index is 0.0945. The molecule has 2 aromatic heterocycles. The Kier molecular flexibility index (Phi) is 5.33. The van der Waals surface area contributed by atoms with E-state index >= 15 is 0 Å². The molecule has 25 heavy (non-hydrogen) atoms. The third-order valence-corrected chi connectivity index (χ3v) is 6.11. The number of halogens is 1. The van der Waals surface area contributed by atoms with Gasteiger partial charge in [0.15, 0.2) is 10.6 Å². The number of ether oxygens (including phenoxy) is 1. The van der Waals surface area contributed by atoms with Gasteiger partial charge in [0.2, 0.25) is 5.28 Å². The predicted octanol–water partition coefficient (Wildman–Crippen LogP) is 2.29. The van der Waals surface area contributed by atoms with Crippen LogP contribution in [0.25, 0.3) is 10.3 Å². The molecular weight excluding hydrogens is 362 g/mol. The number of hydrogen-bond donors (Lipinski definition) is 2. The summed E-state index contributed by atoms with van der Waals surface area (Å²) in [6, 6.07) is 1.03. The molecule has 0 spiro atoms. The smallest absolute Gasteiger partial charge is 0.225 e. The van der Waals surface area contributed by atoms with Crippen molar-refractivity contribution >= 4 is 39.1 Å². The lowest BCUT2D eigenvalue weighted by molar-refractivity contribution is 0.00791. The lowest BCUT2D eigenvalue weighted by Gasteiger charge is -2.39. The number of nitrogens with zero attached hydrogens (tertiary/aromatic N) is 4. The molecule has 2 aromatic rings. The summed E-state index contributed by atoms with van der Waals surface area (Å²) in [5.41, 5.74) is 0.703. The van der Waals surface area contributed by atoms with Gasteiger partial charge in [-0.1, -0.05) is 11.3 Å². The largest absolute Gasteiger partial charge is 0.389 e. The van der Waals surface area contributed by atoms with Gasteiger partial charge in [0.1, 0.15) is 10.5 Å². The van der Waals surface area contributed by atoms with Gasteiger partial charge in [0.25, 0.3) is 0 Å². The van der Waals surface area contributed by atoms with Crippen LogP contribution in [0, 0.1) is 0 Å². The Morgan fingerprint density at radius 1 is 1.16 bits per heavy atom. The zero-order valence-corrected chi connectivity index (χ0v) is 15.5. The average Bonchev–Trinajstić information content (AvgIpc) is 3.06. The third-order valence-electron chi connectivity index (χ3n) is 5.01. The predicted molar refractivity (Wildman–Crippen MR) is 98.2 cm³/mol. The first kappa shape index (κ1) is 17.4. The van der Waals surface area contributed by atoms with Crippen molar-refractivity contribution in [2.75, 3.05) is 31.6 Å². The minimum Gasteiger partial charge on any atom is -0.389 e. The number of aliphatic hydroxyl groups excluding tert-OH is 1. The van der Waals surface area contributed by atoms with E-state index in [1.807, 2.05) is 0 Å². The Bertz CT molecular complexity index is 729. The Balaban J connectivity index is 1.43. The molecule has 1 saturated heterocycles. The first-order valence-corrected chi connectivity index (χ1v) is 9.94. The highest BCUT2D eigenvalue weighted by Crippen LogP contribution is 2.30. The Labute approximate surface area is 155 Å². The van der Waals surface area contributed by atoms with Gasteiger partial charge >= 0.3 is 0 Å². The average molecular weight is 384 g/mol. The maximum absolute atomic E-state index is 9.31. The molecule has 1 aliphatic carbocycles. The van der Waals surface area contributed by atoms with Crippen molar-refractivity contribution in [1.29, 1.82) is 0 Å². The van der Waals surface area contributed by atoms with Gasteiger partial charge in [-0.25, -0.2) is 9.97 Å². The molecule has 4 rings (SSSR count). The van der Waals surface area contributed by atoms with E-state index in [4.69, 9.17) is 16.3 Å². The minimum atomic E-state index is -0.0945. The van der Waals surface area contributed by atoms with Crippen LogP contribution in [0.1, 0.15) is 30.7 Å². The maximum Gasteiger partial charge on any atom is 0.225 e. The molecule has 0 atom stereocenters. The standard InChI is InChI=1S/C16H22ClN5O2S/c17-16-20-14(13-15(21-16)25-12(9-23)19-13)18-10-1-3-11(4-2-10)22-5-7-24-8-6-22/h10-11,23H,1-9H2,(H,18,20,21). The summed E-state index contributed by atoms with van der Waals surface area (Å²) >= 11 is 7.41.